The number of carbonyl (C=O) groups is 1. The van der Waals surface area contributed by atoms with Gasteiger partial charge in [-0.3, -0.25) is 4.79 Å². The molecule has 0 saturated heterocycles. The van der Waals surface area contributed by atoms with E-state index in [4.69, 9.17) is 9.47 Å². The molecule has 19 heavy (non-hydrogen) atoms. The number of benzene rings is 2. The van der Waals surface area contributed by atoms with Crippen LogP contribution < -0.4 is 9.47 Å². The summed E-state index contributed by atoms with van der Waals surface area (Å²) >= 11 is 0. The van der Waals surface area contributed by atoms with Gasteiger partial charge in [-0.25, -0.2) is 0 Å². The molecule has 0 radical (unpaired) electrons. The number of rotatable bonds is 4. The van der Waals surface area contributed by atoms with Crippen LogP contribution in [-0.2, 0) is 4.79 Å². The van der Waals surface area contributed by atoms with E-state index in [1.807, 2.05) is 36.4 Å². The molecule has 0 atom stereocenters. The Morgan fingerprint density at radius 2 is 1.37 bits per heavy atom. The first-order valence-electron chi connectivity index (χ1n) is 6.18. The Balaban J connectivity index is 2.14. The van der Waals surface area contributed by atoms with Crippen LogP contribution in [0.2, 0.25) is 0 Å². The van der Waals surface area contributed by atoms with Crippen LogP contribution in [0.1, 0.15) is 13.3 Å². The lowest BCUT2D eigenvalue weighted by Crippen LogP contribution is -2.05. The molecule has 0 aliphatic carbocycles. The van der Waals surface area contributed by atoms with Crippen LogP contribution >= 0.6 is 0 Å². The number of hydrogen-bond donors (Lipinski definition) is 0. The van der Waals surface area contributed by atoms with Crippen molar-refractivity contribution in [2.24, 2.45) is 0 Å². The van der Waals surface area contributed by atoms with Crippen molar-refractivity contribution >= 4 is 5.97 Å². The van der Waals surface area contributed by atoms with Crippen LogP contribution in [0.5, 0.6) is 11.5 Å². The minimum absolute atomic E-state index is 0.225. The minimum Gasteiger partial charge on any atom is -0.497 e. The topological polar surface area (TPSA) is 35.5 Å². The molecule has 2 aromatic carbocycles. The summed E-state index contributed by atoms with van der Waals surface area (Å²) in [7, 11) is 1.64. The first kappa shape index (κ1) is 13.1. The van der Waals surface area contributed by atoms with E-state index < -0.39 is 0 Å². The fourth-order valence-electron chi connectivity index (χ4n) is 1.70. The van der Waals surface area contributed by atoms with Crippen molar-refractivity contribution in [2.75, 3.05) is 7.11 Å². The molecular weight excluding hydrogens is 240 g/mol. The van der Waals surface area contributed by atoms with Gasteiger partial charge in [-0.2, -0.15) is 0 Å². The summed E-state index contributed by atoms with van der Waals surface area (Å²) in [5.41, 5.74) is 2.16. The largest absolute Gasteiger partial charge is 0.497 e. The fraction of sp³-hybridized carbons (Fsp3) is 0.188. The molecule has 3 heteroatoms. The highest BCUT2D eigenvalue weighted by molar-refractivity contribution is 5.72. The highest BCUT2D eigenvalue weighted by atomic mass is 16.5. The highest BCUT2D eigenvalue weighted by Crippen LogP contribution is 2.24. The Hall–Kier alpha value is -2.29. The highest BCUT2D eigenvalue weighted by Gasteiger charge is 2.02. The molecule has 0 amide bonds. The second kappa shape index (κ2) is 6.05. The van der Waals surface area contributed by atoms with Crippen LogP contribution in [0.4, 0.5) is 0 Å². The Labute approximate surface area is 112 Å². The third-order valence-electron chi connectivity index (χ3n) is 2.80. The Morgan fingerprint density at radius 3 is 1.79 bits per heavy atom. The Morgan fingerprint density at radius 1 is 0.895 bits per heavy atom. The summed E-state index contributed by atoms with van der Waals surface area (Å²) in [4.78, 5) is 11.2. The first-order valence-corrected chi connectivity index (χ1v) is 6.18. The van der Waals surface area contributed by atoms with E-state index in [2.05, 4.69) is 0 Å². The molecule has 98 valence electrons. The number of ether oxygens (including phenoxy) is 2. The maximum absolute atomic E-state index is 11.2. The molecule has 0 aromatic heterocycles. The normalized spacial score (nSPS) is 10.0. The first-order chi connectivity index (χ1) is 9.22. The lowest BCUT2D eigenvalue weighted by atomic mass is 10.1. The molecule has 3 nitrogen and oxygen atoms in total. The van der Waals surface area contributed by atoms with Crippen LogP contribution in [-0.4, -0.2) is 13.1 Å². The van der Waals surface area contributed by atoms with Crippen molar-refractivity contribution in [2.45, 2.75) is 13.3 Å². The molecule has 0 saturated carbocycles. The summed E-state index contributed by atoms with van der Waals surface area (Å²) in [6, 6.07) is 15.3. The molecule has 0 spiro atoms. The predicted octanol–water partition coefficient (Wildman–Crippen LogP) is 3.68. The van der Waals surface area contributed by atoms with E-state index in [0.717, 1.165) is 16.9 Å². The van der Waals surface area contributed by atoms with Crippen molar-refractivity contribution in [3.63, 3.8) is 0 Å². The maximum Gasteiger partial charge on any atom is 0.310 e. The molecule has 0 bridgehead atoms. The monoisotopic (exact) mass is 256 g/mol. The number of carbonyl (C=O) groups excluding carboxylic acids is 1. The quantitative estimate of drug-likeness (QED) is 0.618. The van der Waals surface area contributed by atoms with Gasteiger partial charge in [0, 0.05) is 6.42 Å². The molecule has 2 rings (SSSR count). The molecule has 0 aliphatic heterocycles. The van der Waals surface area contributed by atoms with E-state index >= 15 is 0 Å². The van der Waals surface area contributed by atoms with E-state index in [0.29, 0.717) is 12.2 Å². The smallest absolute Gasteiger partial charge is 0.310 e. The second-order valence-electron chi connectivity index (χ2n) is 4.08. The van der Waals surface area contributed by atoms with Gasteiger partial charge < -0.3 is 9.47 Å². The molecule has 0 fully saturated rings. The summed E-state index contributed by atoms with van der Waals surface area (Å²) in [5, 5.41) is 0. The van der Waals surface area contributed by atoms with Gasteiger partial charge in [-0.05, 0) is 35.4 Å². The van der Waals surface area contributed by atoms with Crippen molar-refractivity contribution in [1.29, 1.82) is 0 Å². The van der Waals surface area contributed by atoms with Crippen molar-refractivity contribution in [3.8, 4) is 22.6 Å². The van der Waals surface area contributed by atoms with Gasteiger partial charge in [0.25, 0.3) is 0 Å². The lowest BCUT2D eigenvalue weighted by Gasteiger charge is -2.06. The Bertz CT molecular complexity index is 541. The van der Waals surface area contributed by atoms with E-state index in [1.165, 1.54) is 0 Å². The SMILES string of the molecule is CCC(=O)Oc1ccc(-c2ccc(OC)cc2)cc1. The van der Waals surface area contributed by atoms with Crippen LogP contribution in [0.15, 0.2) is 48.5 Å². The lowest BCUT2D eigenvalue weighted by molar-refractivity contribution is -0.134. The van der Waals surface area contributed by atoms with Gasteiger partial charge in [-0.1, -0.05) is 31.2 Å². The third kappa shape index (κ3) is 3.35. The number of hydrogen-bond acceptors (Lipinski definition) is 3. The van der Waals surface area contributed by atoms with E-state index in [9.17, 15) is 4.79 Å². The molecule has 2 aromatic rings. The van der Waals surface area contributed by atoms with Gasteiger partial charge >= 0.3 is 5.97 Å². The van der Waals surface area contributed by atoms with Gasteiger partial charge in [0.15, 0.2) is 0 Å². The average Bonchev–Trinajstić information content (AvgIpc) is 2.48. The molecule has 0 unspecified atom stereocenters. The van der Waals surface area contributed by atoms with Gasteiger partial charge in [-0.15, -0.1) is 0 Å². The Kier molecular flexibility index (Phi) is 4.18. The molecule has 0 N–H and O–H groups in total. The maximum atomic E-state index is 11.2. The predicted molar refractivity (Wildman–Crippen MR) is 74.4 cm³/mol. The fourth-order valence-corrected chi connectivity index (χ4v) is 1.70. The molecular formula is C16H16O3. The van der Waals surface area contributed by atoms with E-state index in [-0.39, 0.29) is 5.97 Å². The molecule has 0 aliphatic rings. The third-order valence-corrected chi connectivity index (χ3v) is 2.80. The van der Waals surface area contributed by atoms with Crippen LogP contribution in [0.25, 0.3) is 11.1 Å². The van der Waals surface area contributed by atoms with Gasteiger partial charge in [0.2, 0.25) is 0 Å². The molecule has 0 heterocycles. The van der Waals surface area contributed by atoms with Gasteiger partial charge in [0.05, 0.1) is 7.11 Å². The van der Waals surface area contributed by atoms with Crippen molar-refractivity contribution < 1.29 is 14.3 Å². The van der Waals surface area contributed by atoms with Gasteiger partial charge in [0.1, 0.15) is 11.5 Å². The minimum atomic E-state index is -0.225. The standard InChI is InChI=1S/C16H16O3/c1-3-16(17)19-15-10-6-13(7-11-15)12-4-8-14(18-2)9-5-12/h4-11H,3H2,1-2H3. The van der Waals surface area contributed by atoms with E-state index in [1.54, 1.807) is 26.2 Å². The second-order valence-corrected chi connectivity index (χ2v) is 4.08. The average molecular weight is 256 g/mol. The van der Waals surface area contributed by atoms with Crippen molar-refractivity contribution in [3.05, 3.63) is 48.5 Å². The number of methoxy groups -OCH3 is 1. The zero-order chi connectivity index (χ0) is 13.7. The van der Waals surface area contributed by atoms with Crippen LogP contribution in [0.3, 0.4) is 0 Å². The summed E-state index contributed by atoms with van der Waals surface area (Å²) in [5.74, 6) is 1.18. The van der Waals surface area contributed by atoms with Crippen molar-refractivity contribution in [1.82, 2.24) is 0 Å². The number of esters is 1. The summed E-state index contributed by atoms with van der Waals surface area (Å²) in [6.45, 7) is 1.77. The zero-order valence-corrected chi connectivity index (χ0v) is 11.1. The zero-order valence-electron chi connectivity index (χ0n) is 11.1. The summed E-state index contributed by atoms with van der Waals surface area (Å²) in [6.07, 6.45) is 0.375. The van der Waals surface area contributed by atoms with Crippen LogP contribution in [0, 0.1) is 0 Å². The summed E-state index contributed by atoms with van der Waals surface area (Å²) < 4.78 is 10.3.